The first-order chi connectivity index (χ1) is 18.9. The van der Waals surface area contributed by atoms with E-state index >= 15 is 0 Å². The zero-order valence-corrected chi connectivity index (χ0v) is 22.8. The van der Waals surface area contributed by atoms with Crippen LogP contribution in [0.1, 0.15) is 22.8 Å². The van der Waals surface area contributed by atoms with Crippen LogP contribution in [-0.2, 0) is 9.59 Å². The van der Waals surface area contributed by atoms with Crippen molar-refractivity contribution in [2.24, 2.45) is 0 Å². The van der Waals surface area contributed by atoms with E-state index in [2.05, 4.69) is 20.9 Å². The molecule has 0 saturated heterocycles. The Labute approximate surface area is 234 Å². The monoisotopic (exact) mass is 558 g/mol. The van der Waals surface area contributed by atoms with Crippen molar-refractivity contribution in [2.75, 3.05) is 17.7 Å². The molecule has 39 heavy (non-hydrogen) atoms. The highest BCUT2D eigenvalue weighted by molar-refractivity contribution is 8.00. The lowest BCUT2D eigenvalue weighted by molar-refractivity contribution is -0.115. The summed E-state index contributed by atoms with van der Waals surface area (Å²) in [4.78, 5) is 43.6. The van der Waals surface area contributed by atoms with Crippen LogP contribution in [0.2, 0.25) is 0 Å². The number of hydrogen-bond acceptors (Lipinski definition) is 7. The number of rotatable bonds is 10. The summed E-state index contributed by atoms with van der Waals surface area (Å²) in [6.07, 6.45) is 3.21. The fourth-order valence-corrected chi connectivity index (χ4v) is 4.89. The standard InChI is InChI=1S/C29H26N4O4S2/c1-19(26(34)33-29-30-14-15-38-29)39-24-13-7-11-22(18-24)31-28(36)25(17-20-8-6-12-23(16-20)37-2)32-27(35)21-9-4-3-5-10-21/h3-19H,1-2H3,(H,31,36)(H,32,35)(H,30,33,34)/b25-17-. The Kier molecular flexibility index (Phi) is 9.49. The van der Waals surface area contributed by atoms with Crippen LogP contribution in [0, 0.1) is 0 Å². The largest absolute Gasteiger partial charge is 0.497 e. The molecule has 1 unspecified atom stereocenters. The molecule has 1 atom stereocenters. The van der Waals surface area contributed by atoms with Gasteiger partial charge >= 0.3 is 0 Å². The van der Waals surface area contributed by atoms with Gasteiger partial charge in [-0.25, -0.2) is 4.98 Å². The number of methoxy groups -OCH3 is 1. The van der Waals surface area contributed by atoms with Gasteiger partial charge in [-0.05, 0) is 61.0 Å². The Hall–Kier alpha value is -4.41. The summed E-state index contributed by atoms with van der Waals surface area (Å²) in [6.45, 7) is 1.80. The molecule has 0 spiro atoms. The summed E-state index contributed by atoms with van der Waals surface area (Å²) >= 11 is 2.70. The van der Waals surface area contributed by atoms with Gasteiger partial charge in [0.1, 0.15) is 11.4 Å². The predicted octanol–water partition coefficient (Wildman–Crippen LogP) is 5.68. The molecule has 0 bridgehead atoms. The van der Waals surface area contributed by atoms with Crippen LogP contribution in [0.5, 0.6) is 5.75 Å². The molecule has 10 heteroatoms. The van der Waals surface area contributed by atoms with Gasteiger partial charge in [-0.1, -0.05) is 36.4 Å². The zero-order chi connectivity index (χ0) is 27.6. The number of amides is 3. The van der Waals surface area contributed by atoms with Crippen molar-refractivity contribution in [3.05, 3.63) is 107 Å². The lowest BCUT2D eigenvalue weighted by atomic mass is 10.1. The Balaban J connectivity index is 1.50. The first kappa shape index (κ1) is 27.6. The molecule has 3 aromatic carbocycles. The number of carbonyl (C=O) groups is 3. The minimum atomic E-state index is -0.501. The van der Waals surface area contributed by atoms with Crippen molar-refractivity contribution in [1.82, 2.24) is 10.3 Å². The van der Waals surface area contributed by atoms with Gasteiger partial charge in [-0.3, -0.25) is 14.4 Å². The highest BCUT2D eigenvalue weighted by Crippen LogP contribution is 2.27. The minimum absolute atomic E-state index is 0.0614. The number of hydrogen-bond donors (Lipinski definition) is 3. The van der Waals surface area contributed by atoms with Gasteiger partial charge in [0.25, 0.3) is 11.8 Å². The van der Waals surface area contributed by atoms with Crippen LogP contribution in [0.3, 0.4) is 0 Å². The van der Waals surface area contributed by atoms with Crippen LogP contribution < -0.4 is 20.7 Å². The van der Waals surface area contributed by atoms with Crippen molar-refractivity contribution in [3.63, 3.8) is 0 Å². The van der Waals surface area contributed by atoms with Crippen molar-refractivity contribution in [3.8, 4) is 5.75 Å². The van der Waals surface area contributed by atoms with Gasteiger partial charge in [0, 0.05) is 27.7 Å². The van der Waals surface area contributed by atoms with Gasteiger partial charge in [-0.15, -0.1) is 23.1 Å². The van der Waals surface area contributed by atoms with Gasteiger partial charge in [-0.2, -0.15) is 0 Å². The van der Waals surface area contributed by atoms with Crippen molar-refractivity contribution in [1.29, 1.82) is 0 Å². The van der Waals surface area contributed by atoms with Crippen LogP contribution in [0.4, 0.5) is 10.8 Å². The molecule has 3 amide bonds. The number of aromatic nitrogens is 1. The molecule has 198 valence electrons. The summed E-state index contributed by atoms with van der Waals surface area (Å²) < 4.78 is 5.28. The molecule has 1 aromatic heterocycles. The Morgan fingerprint density at radius 2 is 1.77 bits per heavy atom. The molecule has 0 aliphatic rings. The van der Waals surface area contributed by atoms with Gasteiger partial charge in [0.15, 0.2) is 5.13 Å². The first-order valence-electron chi connectivity index (χ1n) is 11.9. The molecule has 0 aliphatic carbocycles. The summed E-state index contributed by atoms with van der Waals surface area (Å²) in [7, 11) is 1.56. The Morgan fingerprint density at radius 1 is 0.974 bits per heavy atom. The van der Waals surface area contributed by atoms with E-state index in [0.717, 1.165) is 4.90 Å². The van der Waals surface area contributed by atoms with Gasteiger partial charge in [0.2, 0.25) is 5.91 Å². The molecule has 3 N–H and O–H groups in total. The van der Waals surface area contributed by atoms with Crippen LogP contribution in [0.15, 0.2) is 101 Å². The highest BCUT2D eigenvalue weighted by atomic mass is 32.2. The molecule has 4 rings (SSSR count). The quantitative estimate of drug-likeness (QED) is 0.171. The van der Waals surface area contributed by atoms with E-state index in [1.807, 2.05) is 12.1 Å². The van der Waals surface area contributed by atoms with E-state index in [9.17, 15) is 14.4 Å². The Morgan fingerprint density at radius 3 is 2.51 bits per heavy atom. The van der Waals surface area contributed by atoms with Crippen LogP contribution >= 0.6 is 23.1 Å². The van der Waals surface area contributed by atoms with E-state index in [0.29, 0.717) is 27.7 Å². The van der Waals surface area contributed by atoms with Crippen LogP contribution in [0.25, 0.3) is 6.08 Å². The van der Waals surface area contributed by atoms with Gasteiger partial charge in [0.05, 0.1) is 12.4 Å². The smallest absolute Gasteiger partial charge is 0.272 e. The molecule has 0 radical (unpaired) electrons. The fourth-order valence-electron chi connectivity index (χ4n) is 3.44. The topological polar surface area (TPSA) is 109 Å². The second-order valence-corrected chi connectivity index (χ2v) is 10.5. The van der Waals surface area contributed by atoms with Crippen LogP contribution in [-0.4, -0.2) is 35.1 Å². The molecule has 1 heterocycles. The molecule has 8 nitrogen and oxygen atoms in total. The molecular formula is C29H26N4O4S2. The maximum absolute atomic E-state index is 13.4. The summed E-state index contributed by atoms with van der Waals surface area (Å²) in [5, 5.41) is 10.3. The number of ether oxygens (including phenoxy) is 1. The second-order valence-electron chi connectivity index (χ2n) is 8.22. The molecule has 0 aliphatic heterocycles. The normalized spacial score (nSPS) is 11.8. The van der Waals surface area contributed by atoms with Crippen molar-refractivity contribution < 1.29 is 19.1 Å². The van der Waals surface area contributed by atoms with E-state index in [1.165, 1.54) is 23.1 Å². The van der Waals surface area contributed by atoms with E-state index in [1.54, 1.807) is 98.4 Å². The van der Waals surface area contributed by atoms with E-state index in [4.69, 9.17) is 4.74 Å². The van der Waals surface area contributed by atoms with Crippen molar-refractivity contribution in [2.45, 2.75) is 17.1 Å². The lowest BCUT2D eigenvalue weighted by Crippen LogP contribution is -2.30. The maximum Gasteiger partial charge on any atom is 0.272 e. The van der Waals surface area contributed by atoms with Gasteiger partial charge < -0.3 is 20.7 Å². The SMILES string of the molecule is COc1cccc(/C=C(\NC(=O)c2ccccc2)C(=O)Nc2cccc(SC(C)C(=O)Nc3nccs3)c2)c1. The molecule has 0 saturated carbocycles. The molecule has 0 fully saturated rings. The average molecular weight is 559 g/mol. The third-order valence-electron chi connectivity index (χ3n) is 5.37. The van der Waals surface area contributed by atoms with E-state index < -0.39 is 17.1 Å². The number of carbonyl (C=O) groups excluding carboxylic acids is 3. The predicted molar refractivity (Wildman–Crippen MR) is 156 cm³/mol. The third-order valence-corrected chi connectivity index (χ3v) is 7.15. The number of thiazole rings is 1. The summed E-state index contributed by atoms with van der Waals surface area (Å²) in [5.41, 5.74) is 1.68. The first-order valence-corrected chi connectivity index (χ1v) is 13.7. The van der Waals surface area contributed by atoms with Crippen molar-refractivity contribution >= 4 is 57.7 Å². The molecule has 4 aromatic rings. The Bertz CT molecular complexity index is 1470. The third kappa shape index (κ3) is 8.03. The fraction of sp³-hybridized carbons (Fsp3) is 0.103. The minimum Gasteiger partial charge on any atom is -0.497 e. The summed E-state index contributed by atoms with van der Waals surface area (Å²) in [6, 6.07) is 23.0. The number of anilines is 2. The maximum atomic E-state index is 13.4. The number of thioether (sulfide) groups is 1. The average Bonchev–Trinajstić information content (AvgIpc) is 3.46. The summed E-state index contributed by atoms with van der Waals surface area (Å²) in [5.74, 6) is -0.463. The number of benzene rings is 3. The molecular weight excluding hydrogens is 532 g/mol. The number of nitrogens with zero attached hydrogens (tertiary/aromatic N) is 1. The van der Waals surface area contributed by atoms with E-state index in [-0.39, 0.29) is 11.6 Å². The zero-order valence-electron chi connectivity index (χ0n) is 21.2. The lowest BCUT2D eigenvalue weighted by Gasteiger charge is -2.14. The second kappa shape index (κ2) is 13.4. The highest BCUT2D eigenvalue weighted by Gasteiger charge is 2.18. The number of nitrogens with one attached hydrogen (secondary N) is 3.